The molecule has 0 radical (unpaired) electrons. The number of hydrazine groups is 1. The number of aromatic hydroxyl groups is 1. The van der Waals surface area contributed by atoms with Crippen molar-refractivity contribution < 1.29 is 10.0 Å². The number of benzene rings is 1. The zero-order valence-electron chi connectivity index (χ0n) is 9.07. The van der Waals surface area contributed by atoms with Crippen molar-refractivity contribution in [3.05, 3.63) is 40.4 Å². The summed E-state index contributed by atoms with van der Waals surface area (Å²) in [5.41, 5.74) is 2.72. The number of aromatic nitrogens is 2. The Morgan fingerprint density at radius 1 is 1.28 bits per heavy atom. The van der Waals surface area contributed by atoms with Crippen LogP contribution in [0.1, 0.15) is 0 Å². The number of nitro benzene ring substituents is 1. The zero-order valence-corrected chi connectivity index (χ0v) is 9.07. The minimum absolute atomic E-state index is 0.108. The average Bonchev–Trinajstić information content (AvgIpc) is 2.39. The summed E-state index contributed by atoms with van der Waals surface area (Å²) >= 11 is 0. The smallest absolute Gasteiger partial charge is 0.270 e. The second kappa shape index (κ2) is 4.63. The van der Waals surface area contributed by atoms with E-state index < -0.39 is 4.92 Å². The van der Waals surface area contributed by atoms with E-state index >= 15 is 0 Å². The first-order valence-electron chi connectivity index (χ1n) is 4.90. The van der Waals surface area contributed by atoms with Crippen molar-refractivity contribution >= 4 is 11.5 Å². The third-order valence-electron chi connectivity index (χ3n) is 2.28. The third kappa shape index (κ3) is 2.18. The molecule has 0 unspecified atom stereocenters. The molecule has 0 saturated heterocycles. The van der Waals surface area contributed by atoms with E-state index in [2.05, 4.69) is 15.6 Å². The van der Waals surface area contributed by atoms with Gasteiger partial charge in [0, 0.05) is 12.1 Å². The number of hydrogen-bond donors (Lipinski definition) is 3. The summed E-state index contributed by atoms with van der Waals surface area (Å²) in [5, 5.41) is 27.9. The van der Waals surface area contributed by atoms with E-state index in [1.807, 2.05) is 0 Å². The molecule has 0 aliphatic carbocycles. The lowest BCUT2D eigenvalue weighted by Crippen LogP contribution is -2.09. The van der Waals surface area contributed by atoms with Gasteiger partial charge in [-0.2, -0.15) is 0 Å². The number of nitro groups is 1. The van der Waals surface area contributed by atoms with Gasteiger partial charge in [0.2, 0.25) is 0 Å². The van der Waals surface area contributed by atoms with Gasteiger partial charge >= 0.3 is 0 Å². The molecule has 18 heavy (non-hydrogen) atoms. The quantitative estimate of drug-likeness (QED) is 0.420. The molecule has 0 spiro atoms. The highest BCUT2D eigenvalue weighted by atomic mass is 16.6. The summed E-state index contributed by atoms with van der Waals surface area (Å²) < 4.78 is 0. The average molecular weight is 247 g/mol. The van der Waals surface area contributed by atoms with E-state index in [0.717, 1.165) is 0 Å². The maximum absolute atomic E-state index is 10.7. The molecular formula is C10H9N5O3. The first kappa shape index (κ1) is 11.7. The lowest BCUT2D eigenvalue weighted by atomic mass is 10.1. The fourth-order valence-corrected chi connectivity index (χ4v) is 1.40. The van der Waals surface area contributed by atoms with Gasteiger partial charge in [0.1, 0.15) is 5.75 Å². The molecule has 0 amide bonds. The van der Waals surface area contributed by atoms with Crippen molar-refractivity contribution in [2.75, 3.05) is 5.43 Å². The van der Waals surface area contributed by atoms with Gasteiger partial charge in [-0.3, -0.25) is 10.1 Å². The Kier molecular flexibility index (Phi) is 3.02. The number of nitrogens with zero attached hydrogens (tertiary/aromatic N) is 3. The SMILES string of the molecule is NNc1ccc(-c2cc([N+](=O)[O-])ccc2O)nn1. The zero-order chi connectivity index (χ0) is 13.1. The normalized spacial score (nSPS) is 10.1. The van der Waals surface area contributed by atoms with E-state index in [9.17, 15) is 15.2 Å². The van der Waals surface area contributed by atoms with Gasteiger partial charge in [-0.15, -0.1) is 10.2 Å². The van der Waals surface area contributed by atoms with Gasteiger partial charge in [0.25, 0.3) is 5.69 Å². The fourth-order valence-electron chi connectivity index (χ4n) is 1.40. The highest BCUT2D eigenvalue weighted by Crippen LogP contribution is 2.31. The predicted octanol–water partition coefficient (Wildman–Crippen LogP) is 1.04. The minimum atomic E-state index is -0.549. The number of nitrogen functional groups attached to an aromatic ring is 1. The number of phenolic OH excluding ortho intramolecular Hbond substituents is 1. The van der Waals surface area contributed by atoms with Crippen molar-refractivity contribution in [3.8, 4) is 17.0 Å². The van der Waals surface area contributed by atoms with Crippen LogP contribution in [0.5, 0.6) is 5.75 Å². The number of nitrogens with two attached hydrogens (primary N) is 1. The molecule has 92 valence electrons. The predicted molar refractivity (Wildman–Crippen MR) is 63.6 cm³/mol. The Morgan fingerprint density at radius 2 is 2.06 bits per heavy atom. The summed E-state index contributed by atoms with van der Waals surface area (Å²) in [6.07, 6.45) is 0. The van der Waals surface area contributed by atoms with Crippen molar-refractivity contribution in [1.29, 1.82) is 0 Å². The maximum atomic E-state index is 10.7. The van der Waals surface area contributed by atoms with E-state index in [1.165, 1.54) is 18.2 Å². The topological polar surface area (TPSA) is 127 Å². The number of nitrogens with one attached hydrogen (secondary N) is 1. The number of hydrogen-bond acceptors (Lipinski definition) is 7. The van der Waals surface area contributed by atoms with Crippen molar-refractivity contribution in [1.82, 2.24) is 10.2 Å². The summed E-state index contributed by atoms with van der Waals surface area (Å²) in [4.78, 5) is 10.1. The van der Waals surface area contributed by atoms with Crippen molar-refractivity contribution in [2.45, 2.75) is 0 Å². The summed E-state index contributed by atoms with van der Waals surface area (Å²) in [5.74, 6) is 5.38. The number of rotatable bonds is 3. The van der Waals surface area contributed by atoms with Gasteiger partial charge in [-0.1, -0.05) is 0 Å². The Labute approximate surface area is 101 Å². The van der Waals surface area contributed by atoms with Crippen molar-refractivity contribution in [3.63, 3.8) is 0 Å². The first-order chi connectivity index (χ1) is 8.61. The standard InChI is InChI=1S/C10H9N5O3/c11-12-10-4-2-8(13-14-10)7-5-6(15(17)18)1-3-9(7)16/h1-5,16H,11H2,(H,12,14). The summed E-state index contributed by atoms with van der Waals surface area (Å²) in [6.45, 7) is 0. The Bertz CT molecular complexity index is 585. The molecule has 0 aliphatic heterocycles. The van der Waals surface area contributed by atoms with E-state index in [4.69, 9.17) is 5.84 Å². The van der Waals surface area contributed by atoms with Crippen LogP contribution in [-0.2, 0) is 0 Å². The summed E-state index contributed by atoms with van der Waals surface area (Å²) in [7, 11) is 0. The molecule has 1 aromatic carbocycles. The van der Waals surface area contributed by atoms with Crippen LogP contribution in [0.15, 0.2) is 30.3 Å². The van der Waals surface area contributed by atoms with Gasteiger partial charge in [-0.05, 0) is 18.2 Å². The van der Waals surface area contributed by atoms with Crippen LogP contribution in [-0.4, -0.2) is 20.2 Å². The van der Waals surface area contributed by atoms with Crippen LogP contribution in [0.3, 0.4) is 0 Å². The second-order valence-corrected chi connectivity index (χ2v) is 3.41. The Balaban J connectivity index is 2.48. The molecular weight excluding hydrogens is 238 g/mol. The van der Waals surface area contributed by atoms with Crippen LogP contribution in [0.25, 0.3) is 11.3 Å². The first-order valence-corrected chi connectivity index (χ1v) is 4.90. The Hall–Kier alpha value is -2.74. The molecule has 0 saturated carbocycles. The lowest BCUT2D eigenvalue weighted by Gasteiger charge is -2.04. The number of non-ortho nitro benzene ring substituents is 1. The molecule has 4 N–H and O–H groups in total. The molecule has 0 bridgehead atoms. The fraction of sp³-hybridized carbons (Fsp3) is 0. The van der Waals surface area contributed by atoms with Crippen molar-refractivity contribution in [2.24, 2.45) is 5.84 Å². The largest absolute Gasteiger partial charge is 0.507 e. The molecule has 8 nitrogen and oxygen atoms in total. The highest BCUT2D eigenvalue weighted by Gasteiger charge is 2.13. The number of phenols is 1. The summed E-state index contributed by atoms with van der Waals surface area (Å²) in [6, 6.07) is 6.77. The van der Waals surface area contributed by atoms with Crippen LogP contribution < -0.4 is 11.3 Å². The molecule has 8 heteroatoms. The molecule has 0 aliphatic rings. The number of anilines is 1. The second-order valence-electron chi connectivity index (χ2n) is 3.41. The van der Waals surface area contributed by atoms with Gasteiger partial charge in [0.15, 0.2) is 5.82 Å². The molecule has 0 atom stereocenters. The third-order valence-corrected chi connectivity index (χ3v) is 2.28. The molecule has 2 aromatic rings. The monoisotopic (exact) mass is 247 g/mol. The molecule has 1 aromatic heterocycles. The van der Waals surface area contributed by atoms with Gasteiger partial charge in [-0.25, -0.2) is 5.84 Å². The van der Waals surface area contributed by atoms with Gasteiger partial charge < -0.3 is 10.5 Å². The highest BCUT2D eigenvalue weighted by molar-refractivity contribution is 5.69. The lowest BCUT2D eigenvalue weighted by molar-refractivity contribution is -0.384. The van der Waals surface area contributed by atoms with E-state index in [0.29, 0.717) is 11.5 Å². The van der Waals surface area contributed by atoms with Crippen LogP contribution >= 0.6 is 0 Å². The molecule has 0 fully saturated rings. The van der Waals surface area contributed by atoms with E-state index in [1.54, 1.807) is 12.1 Å². The Morgan fingerprint density at radius 3 is 2.61 bits per heavy atom. The van der Waals surface area contributed by atoms with E-state index in [-0.39, 0.29) is 17.0 Å². The van der Waals surface area contributed by atoms with Crippen LogP contribution in [0, 0.1) is 10.1 Å². The molecule has 1 heterocycles. The van der Waals surface area contributed by atoms with Gasteiger partial charge in [0.05, 0.1) is 16.2 Å². The van der Waals surface area contributed by atoms with Crippen LogP contribution in [0.2, 0.25) is 0 Å². The van der Waals surface area contributed by atoms with Crippen LogP contribution in [0.4, 0.5) is 11.5 Å². The maximum Gasteiger partial charge on any atom is 0.270 e. The molecule has 2 rings (SSSR count). The minimum Gasteiger partial charge on any atom is -0.507 e.